The molecule has 1 saturated heterocycles. The van der Waals surface area contributed by atoms with Crippen molar-refractivity contribution in [3.63, 3.8) is 0 Å². The highest BCUT2D eigenvalue weighted by Gasteiger charge is 2.25. The monoisotopic (exact) mass is 408 g/mol. The standard InChI is InChI=1S/C17H17BrN4O.ClH/c1-22-7-6-19-10-15(22)16-20-17(23-21-16)14-9-12(18)8-11-4-2-3-5-13(11)14;/h2-5,8-9,15,19H,6-7,10H2,1H3;1H. The van der Waals surface area contributed by atoms with Gasteiger partial charge in [0.25, 0.3) is 5.89 Å². The van der Waals surface area contributed by atoms with Gasteiger partial charge in [0.05, 0.1) is 6.04 Å². The van der Waals surface area contributed by atoms with Gasteiger partial charge in [-0.15, -0.1) is 12.4 Å². The van der Waals surface area contributed by atoms with Gasteiger partial charge in [-0.05, 0) is 30.0 Å². The summed E-state index contributed by atoms with van der Waals surface area (Å²) in [4.78, 5) is 6.92. The third-order valence-electron chi connectivity index (χ3n) is 4.31. The van der Waals surface area contributed by atoms with Gasteiger partial charge < -0.3 is 9.84 Å². The summed E-state index contributed by atoms with van der Waals surface area (Å²) in [6, 6.07) is 12.5. The van der Waals surface area contributed by atoms with Crippen LogP contribution in [-0.2, 0) is 0 Å². The molecule has 0 amide bonds. The number of benzene rings is 2. The molecule has 1 atom stereocenters. The number of fused-ring (bicyclic) bond motifs is 1. The number of aromatic nitrogens is 2. The summed E-state index contributed by atoms with van der Waals surface area (Å²) in [6.45, 7) is 2.82. The van der Waals surface area contributed by atoms with Crippen LogP contribution in [0.5, 0.6) is 0 Å². The second-order valence-electron chi connectivity index (χ2n) is 5.83. The summed E-state index contributed by atoms with van der Waals surface area (Å²) < 4.78 is 6.58. The van der Waals surface area contributed by atoms with Crippen LogP contribution in [0.3, 0.4) is 0 Å². The largest absolute Gasteiger partial charge is 0.334 e. The minimum absolute atomic E-state index is 0. The molecule has 0 bridgehead atoms. The summed E-state index contributed by atoms with van der Waals surface area (Å²) in [7, 11) is 2.09. The number of likely N-dealkylation sites (N-methyl/N-ethyl adjacent to an activating group) is 1. The average molecular weight is 410 g/mol. The molecule has 3 aromatic rings. The summed E-state index contributed by atoms with van der Waals surface area (Å²) >= 11 is 3.57. The second kappa shape index (κ2) is 7.19. The lowest BCUT2D eigenvalue weighted by Gasteiger charge is -2.30. The van der Waals surface area contributed by atoms with Crippen molar-refractivity contribution in [3.05, 3.63) is 46.7 Å². The highest BCUT2D eigenvalue weighted by Crippen LogP contribution is 2.32. The Morgan fingerprint density at radius 3 is 2.96 bits per heavy atom. The van der Waals surface area contributed by atoms with Crippen LogP contribution in [0, 0.1) is 0 Å². The molecule has 0 saturated carbocycles. The number of hydrogen-bond acceptors (Lipinski definition) is 5. The normalized spacial score (nSPS) is 18.5. The van der Waals surface area contributed by atoms with Gasteiger partial charge in [-0.25, -0.2) is 0 Å². The van der Waals surface area contributed by atoms with E-state index in [0.717, 1.165) is 46.3 Å². The zero-order valence-corrected chi connectivity index (χ0v) is 15.6. The molecule has 1 unspecified atom stereocenters. The maximum Gasteiger partial charge on any atom is 0.258 e. The lowest BCUT2D eigenvalue weighted by molar-refractivity contribution is 0.190. The van der Waals surface area contributed by atoms with E-state index in [9.17, 15) is 0 Å². The summed E-state index contributed by atoms with van der Waals surface area (Å²) in [6.07, 6.45) is 0. The molecular formula is C17H18BrClN4O. The van der Waals surface area contributed by atoms with Crippen LogP contribution in [0.15, 0.2) is 45.4 Å². The van der Waals surface area contributed by atoms with Crippen LogP contribution >= 0.6 is 28.3 Å². The Morgan fingerprint density at radius 2 is 2.12 bits per heavy atom. The molecular weight excluding hydrogens is 392 g/mol. The molecule has 1 fully saturated rings. The van der Waals surface area contributed by atoms with Gasteiger partial charge in [0.15, 0.2) is 5.82 Å². The first-order valence-corrected chi connectivity index (χ1v) is 8.45. The molecule has 1 aromatic heterocycles. The Morgan fingerprint density at radius 1 is 1.29 bits per heavy atom. The molecule has 0 aliphatic carbocycles. The molecule has 1 aliphatic rings. The number of nitrogens with one attached hydrogen (secondary N) is 1. The van der Waals surface area contributed by atoms with Crippen molar-refractivity contribution in [2.45, 2.75) is 6.04 Å². The van der Waals surface area contributed by atoms with E-state index in [0.29, 0.717) is 5.89 Å². The Labute approximate surface area is 155 Å². The highest BCUT2D eigenvalue weighted by atomic mass is 79.9. The molecule has 2 aromatic carbocycles. The molecule has 126 valence electrons. The smallest absolute Gasteiger partial charge is 0.258 e. The maximum absolute atomic E-state index is 5.58. The molecule has 5 nitrogen and oxygen atoms in total. The first-order valence-electron chi connectivity index (χ1n) is 7.65. The lowest BCUT2D eigenvalue weighted by atomic mass is 10.0. The van der Waals surface area contributed by atoms with Crippen LogP contribution < -0.4 is 5.32 Å². The molecule has 7 heteroatoms. The SMILES string of the molecule is CN1CCNCC1c1noc(-c2cc(Br)cc3ccccc23)n1.Cl. The highest BCUT2D eigenvalue weighted by molar-refractivity contribution is 9.10. The van der Waals surface area contributed by atoms with Crippen molar-refractivity contribution < 1.29 is 4.52 Å². The number of rotatable bonds is 2. The van der Waals surface area contributed by atoms with E-state index in [1.807, 2.05) is 18.2 Å². The van der Waals surface area contributed by atoms with E-state index in [1.165, 1.54) is 0 Å². The zero-order valence-electron chi connectivity index (χ0n) is 13.2. The number of nitrogens with zero attached hydrogens (tertiary/aromatic N) is 3. The van der Waals surface area contributed by atoms with Crippen LogP contribution in [0.2, 0.25) is 0 Å². The van der Waals surface area contributed by atoms with Crippen molar-refractivity contribution in [2.24, 2.45) is 0 Å². The van der Waals surface area contributed by atoms with Gasteiger partial charge in [-0.3, -0.25) is 4.90 Å². The molecule has 24 heavy (non-hydrogen) atoms. The first-order chi connectivity index (χ1) is 11.2. The first kappa shape index (κ1) is 17.4. The number of halogens is 2. The molecule has 0 spiro atoms. The molecule has 1 N–H and O–H groups in total. The summed E-state index contributed by atoms with van der Waals surface area (Å²) in [5.74, 6) is 1.30. The number of hydrogen-bond donors (Lipinski definition) is 1. The van der Waals surface area contributed by atoms with Crippen LogP contribution in [0.4, 0.5) is 0 Å². The van der Waals surface area contributed by atoms with Gasteiger partial charge in [-0.1, -0.05) is 45.4 Å². The fourth-order valence-electron chi connectivity index (χ4n) is 3.02. The van der Waals surface area contributed by atoms with Gasteiger partial charge >= 0.3 is 0 Å². The van der Waals surface area contributed by atoms with Gasteiger partial charge in [-0.2, -0.15) is 4.98 Å². The molecule has 4 rings (SSSR count). The van der Waals surface area contributed by atoms with Crippen LogP contribution in [0.1, 0.15) is 11.9 Å². The van der Waals surface area contributed by atoms with Gasteiger partial charge in [0, 0.05) is 29.7 Å². The van der Waals surface area contributed by atoms with Gasteiger partial charge in [0.1, 0.15) is 0 Å². The Bertz CT molecular complexity index is 853. The fraction of sp³-hybridized carbons (Fsp3) is 0.294. The molecule has 2 heterocycles. The van der Waals surface area contributed by atoms with Crippen LogP contribution in [-0.4, -0.2) is 41.7 Å². The minimum atomic E-state index is 0. The van der Waals surface area contributed by atoms with E-state index in [4.69, 9.17) is 4.52 Å². The van der Waals surface area contributed by atoms with Crippen LogP contribution in [0.25, 0.3) is 22.2 Å². The van der Waals surface area contributed by atoms with E-state index < -0.39 is 0 Å². The van der Waals surface area contributed by atoms with Crippen molar-refractivity contribution >= 4 is 39.1 Å². The lowest BCUT2D eigenvalue weighted by Crippen LogP contribution is -2.44. The summed E-state index contributed by atoms with van der Waals surface area (Å²) in [5, 5.41) is 9.86. The van der Waals surface area contributed by atoms with Gasteiger partial charge in [0.2, 0.25) is 0 Å². The van der Waals surface area contributed by atoms with E-state index in [1.54, 1.807) is 0 Å². The minimum Gasteiger partial charge on any atom is -0.334 e. The Kier molecular flexibility index (Phi) is 5.20. The van der Waals surface area contributed by atoms with Crippen molar-refractivity contribution in [1.29, 1.82) is 0 Å². The van der Waals surface area contributed by atoms with Crippen molar-refractivity contribution in [2.75, 3.05) is 26.7 Å². The maximum atomic E-state index is 5.58. The Balaban J connectivity index is 0.00000169. The quantitative estimate of drug-likeness (QED) is 0.700. The fourth-order valence-corrected chi connectivity index (χ4v) is 3.50. The second-order valence-corrected chi connectivity index (χ2v) is 6.75. The topological polar surface area (TPSA) is 54.2 Å². The average Bonchev–Trinajstić information content (AvgIpc) is 3.04. The van der Waals surface area contributed by atoms with Crippen molar-refractivity contribution in [1.82, 2.24) is 20.4 Å². The van der Waals surface area contributed by atoms with E-state index >= 15 is 0 Å². The Hall–Kier alpha value is -1.47. The third kappa shape index (κ3) is 3.19. The predicted octanol–water partition coefficient (Wildman–Crippen LogP) is 3.65. The summed E-state index contributed by atoms with van der Waals surface area (Å²) in [5.41, 5.74) is 0.958. The predicted molar refractivity (Wildman–Crippen MR) is 100 cm³/mol. The molecule has 1 aliphatic heterocycles. The zero-order chi connectivity index (χ0) is 15.8. The van der Waals surface area contributed by atoms with Crippen molar-refractivity contribution in [3.8, 4) is 11.5 Å². The van der Waals surface area contributed by atoms with E-state index in [2.05, 4.69) is 61.5 Å². The number of piperazine rings is 1. The van der Waals surface area contributed by atoms with E-state index in [-0.39, 0.29) is 18.4 Å². The third-order valence-corrected chi connectivity index (χ3v) is 4.77. The molecule has 0 radical (unpaired) electrons.